The van der Waals surface area contributed by atoms with Gasteiger partial charge in [0.2, 0.25) is 5.91 Å². The van der Waals surface area contributed by atoms with Crippen LogP contribution in [0.2, 0.25) is 0 Å². The Labute approximate surface area is 172 Å². The molecule has 1 atom stereocenters. The normalized spacial score (nSPS) is 12.1. The van der Waals surface area contributed by atoms with Crippen molar-refractivity contribution in [3.05, 3.63) is 70.3 Å². The lowest BCUT2D eigenvalue weighted by Crippen LogP contribution is -2.37. The molecule has 0 aliphatic heterocycles. The lowest BCUT2D eigenvalue weighted by molar-refractivity contribution is -0.133. The van der Waals surface area contributed by atoms with Crippen molar-refractivity contribution in [1.29, 1.82) is 0 Å². The van der Waals surface area contributed by atoms with Gasteiger partial charge in [0.05, 0.1) is 22.6 Å². The van der Waals surface area contributed by atoms with E-state index in [-0.39, 0.29) is 17.5 Å². The summed E-state index contributed by atoms with van der Waals surface area (Å²) in [5.74, 6) is 0.668. The summed E-state index contributed by atoms with van der Waals surface area (Å²) in [5, 5.41) is 0.582. The van der Waals surface area contributed by atoms with E-state index in [2.05, 4.69) is 13.8 Å². The number of aromatic nitrogens is 2. The quantitative estimate of drug-likeness (QED) is 0.589. The first-order valence-corrected chi connectivity index (χ1v) is 10.4. The van der Waals surface area contributed by atoms with E-state index in [0.717, 1.165) is 24.1 Å². The third-order valence-electron chi connectivity index (χ3n) is 5.34. The van der Waals surface area contributed by atoms with Crippen LogP contribution < -0.4 is 5.56 Å². The van der Waals surface area contributed by atoms with Crippen LogP contribution in [0.15, 0.2) is 53.3 Å². The SMILES string of the molecule is CCCN(C(=O)CC)C(C)c1nc2ccccc2c(=O)n1-c1ccccc1CC. The van der Waals surface area contributed by atoms with Gasteiger partial charge < -0.3 is 4.90 Å². The maximum atomic E-state index is 13.6. The second kappa shape index (κ2) is 9.03. The van der Waals surface area contributed by atoms with E-state index in [1.165, 1.54) is 0 Å². The van der Waals surface area contributed by atoms with Crippen LogP contribution in [-0.4, -0.2) is 26.9 Å². The first-order valence-electron chi connectivity index (χ1n) is 10.4. The number of carbonyl (C=O) groups is 1. The maximum Gasteiger partial charge on any atom is 0.266 e. The molecule has 152 valence electrons. The fourth-order valence-corrected chi connectivity index (χ4v) is 3.81. The summed E-state index contributed by atoms with van der Waals surface area (Å²) in [6.07, 6.45) is 2.07. The van der Waals surface area contributed by atoms with Crippen LogP contribution in [0.25, 0.3) is 16.6 Å². The smallest absolute Gasteiger partial charge is 0.266 e. The van der Waals surface area contributed by atoms with Crippen molar-refractivity contribution in [2.45, 2.75) is 53.0 Å². The molecule has 3 aromatic rings. The first kappa shape index (κ1) is 20.8. The number of nitrogens with zero attached hydrogens (tertiary/aromatic N) is 3. The van der Waals surface area contributed by atoms with Crippen LogP contribution in [-0.2, 0) is 11.2 Å². The molecule has 0 bridgehead atoms. The standard InChI is InChI=1S/C24H29N3O2/c1-5-16-26(22(28)7-3)17(4)23-25-20-14-10-9-13-19(20)24(29)27(23)21-15-11-8-12-18(21)6-2/h8-15,17H,5-7,16H2,1-4H3. The van der Waals surface area contributed by atoms with E-state index >= 15 is 0 Å². The van der Waals surface area contributed by atoms with Crippen molar-refractivity contribution in [2.75, 3.05) is 6.54 Å². The van der Waals surface area contributed by atoms with Gasteiger partial charge in [-0.05, 0) is 43.5 Å². The average molecular weight is 392 g/mol. The number of benzene rings is 2. The minimum atomic E-state index is -0.315. The Morgan fingerprint density at radius 3 is 2.45 bits per heavy atom. The number of carbonyl (C=O) groups excluding carboxylic acids is 1. The van der Waals surface area contributed by atoms with Crippen LogP contribution in [0, 0.1) is 0 Å². The van der Waals surface area contributed by atoms with E-state index in [4.69, 9.17) is 4.98 Å². The van der Waals surface area contributed by atoms with Crippen LogP contribution in [0.4, 0.5) is 0 Å². The number of rotatable bonds is 7. The summed E-state index contributed by atoms with van der Waals surface area (Å²) in [6, 6.07) is 15.0. The van der Waals surface area contributed by atoms with Crippen molar-refractivity contribution < 1.29 is 4.79 Å². The number of hydrogen-bond donors (Lipinski definition) is 0. The summed E-state index contributed by atoms with van der Waals surface area (Å²) >= 11 is 0. The van der Waals surface area contributed by atoms with Gasteiger partial charge in [0.15, 0.2) is 0 Å². The van der Waals surface area contributed by atoms with E-state index in [9.17, 15) is 9.59 Å². The van der Waals surface area contributed by atoms with Gasteiger partial charge in [-0.25, -0.2) is 4.98 Å². The van der Waals surface area contributed by atoms with Gasteiger partial charge >= 0.3 is 0 Å². The maximum absolute atomic E-state index is 13.6. The summed E-state index contributed by atoms with van der Waals surface area (Å²) in [4.78, 5) is 32.9. The highest BCUT2D eigenvalue weighted by atomic mass is 16.2. The van der Waals surface area contributed by atoms with Gasteiger partial charge in [-0.1, -0.05) is 51.1 Å². The summed E-state index contributed by atoms with van der Waals surface area (Å²) in [7, 11) is 0. The van der Waals surface area contributed by atoms with Crippen LogP contribution in [0.5, 0.6) is 0 Å². The number of hydrogen-bond acceptors (Lipinski definition) is 3. The molecule has 0 saturated heterocycles. The Morgan fingerprint density at radius 2 is 1.76 bits per heavy atom. The molecule has 0 radical (unpaired) electrons. The molecule has 1 unspecified atom stereocenters. The second-order valence-electron chi connectivity index (χ2n) is 7.23. The monoisotopic (exact) mass is 391 g/mol. The molecule has 5 nitrogen and oxygen atoms in total. The third kappa shape index (κ3) is 3.95. The molecule has 2 aromatic carbocycles. The summed E-state index contributed by atoms with van der Waals surface area (Å²) in [5.41, 5.74) is 2.47. The Morgan fingerprint density at radius 1 is 1.07 bits per heavy atom. The zero-order valence-electron chi connectivity index (χ0n) is 17.7. The van der Waals surface area contributed by atoms with Crippen molar-refractivity contribution in [2.24, 2.45) is 0 Å². The van der Waals surface area contributed by atoms with Gasteiger partial charge in [0.25, 0.3) is 5.56 Å². The molecule has 5 heteroatoms. The van der Waals surface area contributed by atoms with Crippen LogP contribution in [0.3, 0.4) is 0 Å². The minimum Gasteiger partial charge on any atom is -0.333 e. The predicted octanol–water partition coefficient (Wildman–Crippen LogP) is 4.66. The van der Waals surface area contributed by atoms with E-state index in [1.807, 2.05) is 67.3 Å². The number of aryl methyl sites for hydroxylation is 1. The predicted molar refractivity (Wildman–Crippen MR) is 117 cm³/mol. The fourth-order valence-electron chi connectivity index (χ4n) is 3.81. The zero-order chi connectivity index (χ0) is 21.0. The molecule has 0 saturated carbocycles. The molecule has 0 N–H and O–H groups in total. The van der Waals surface area contributed by atoms with Crippen LogP contribution >= 0.6 is 0 Å². The average Bonchev–Trinajstić information content (AvgIpc) is 2.76. The Balaban J connectivity index is 2.33. The van der Waals surface area contributed by atoms with Crippen molar-refractivity contribution in [1.82, 2.24) is 14.5 Å². The molecular formula is C24H29N3O2. The molecule has 29 heavy (non-hydrogen) atoms. The lowest BCUT2D eigenvalue weighted by atomic mass is 10.1. The Kier molecular flexibility index (Phi) is 6.47. The summed E-state index contributed by atoms with van der Waals surface area (Å²) in [6.45, 7) is 8.59. The molecule has 1 aromatic heterocycles. The molecule has 0 spiro atoms. The molecule has 0 aliphatic rings. The summed E-state index contributed by atoms with van der Waals surface area (Å²) < 4.78 is 1.71. The van der Waals surface area contributed by atoms with Gasteiger partial charge in [0.1, 0.15) is 5.82 Å². The minimum absolute atomic E-state index is 0.0667. The van der Waals surface area contributed by atoms with Gasteiger partial charge in [-0.2, -0.15) is 0 Å². The number of amides is 1. The number of para-hydroxylation sites is 2. The van der Waals surface area contributed by atoms with Crippen molar-refractivity contribution >= 4 is 16.8 Å². The molecular weight excluding hydrogens is 362 g/mol. The molecule has 3 rings (SSSR count). The van der Waals surface area contributed by atoms with Crippen LogP contribution in [0.1, 0.15) is 58.0 Å². The lowest BCUT2D eigenvalue weighted by Gasteiger charge is -2.30. The molecule has 0 aliphatic carbocycles. The highest BCUT2D eigenvalue weighted by Gasteiger charge is 2.26. The Hall–Kier alpha value is -2.95. The van der Waals surface area contributed by atoms with Crippen molar-refractivity contribution in [3.63, 3.8) is 0 Å². The zero-order valence-corrected chi connectivity index (χ0v) is 17.7. The van der Waals surface area contributed by atoms with Gasteiger partial charge in [-0.15, -0.1) is 0 Å². The second-order valence-corrected chi connectivity index (χ2v) is 7.23. The van der Waals surface area contributed by atoms with Gasteiger partial charge in [0, 0.05) is 13.0 Å². The molecule has 0 fully saturated rings. The number of fused-ring (bicyclic) bond motifs is 1. The topological polar surface area (TPSA) is 55.2 Å². The fraction of sp³-hybridized carbons (Fsp3) is 0.375. The van der Waals surface area contributed by atoms with E-state index in [0.29, 0.717) is 29.7 Å². The highest BCUT2D eigenvalue weighted by Crippen LogP contribution is 2.25. The Bertz CT molecular complexity index is 1070. The first-order chi connectivity index (χ1) is 14.0. The van der Waals surface area contributed by atoms with E-state index in [1.54, 1.807) is 4.57 Å². The third-order valence-corrected chi connectivity index (χ3v) is 5.34. The van der Waals surface area contributed by atoms with E-state index < -0.39 is 0 Å². The highest BCUT2D eigenvalue weighted by molar-refractivity contribution is 5.79. The van der Waals surface area contributed by atoms with Crippen molar-refractivity contribution in [3.8, 4) is 5.69 Å². The largest absolute Gasteiger partial charge is 0.333 e. The van der Waals surface area contributed by atoms with Gasteiger partial charge in [-0.3, -0.25) is 14.2 Å². The molecule has 1 amide bonds. The molecule has 1 heterocycles.